The van der Waals surface area contributed by atoms with Crippen molar-refractivity contribution in [3.8, 4) is 0 Å². The van der Waals surface area contributed by atoms with Gasteiger partial charge in [0.05, 0.1) is 16.2 Å². The van der Waals surface area contributed by atoms with E-state index in [9.17, 15) is 34.5 Å². The Hall–Kier alpha value is -2.32. The highest BCUT2D eigenvalue weighted by atomic mass is 16.6. The number of nitrogens with one attached hydrogen (secondary N) is 1. The number of carboxylic acid groups (broad SMARTS) is 3. The molecule has 0 radical (unpaired) electrons. The monoisotopic (exact) mass is 383 g/mol. The summed E-state index contributed by atoms with van der Waals surface area (Å²) in [6.07, 6.45) is -1.19. The van der Waals surface area contributed by atoms with Gasteiger partial charge in [0.15, 0.2) is 0 Å². The minimum atomic E-state index is -1.50. The van der Waals surface area contributed by atoms with Gasteiger partial charge in [-0.1, -0.05) is 0 Å². The van der Waals surface area contributed by atoms with Crippen LogP contribution in [-0.4, -0.2) is 50.5 Å². The maximum atomic E-state index is 12.4. The molecule has 0 saturated heterocycles. The van der Waals surface area contributed by atoms with E-state index in [1.807, 2.05) is 0 Å². The van der Waals surface area contributed by atoms with Crippen LogP contribution in [0.4, 0.5) is 4.79 Å². The van der Waals surface area contributed by atoms with Gasteiger partial charge < -0.3 is 25.4 Å². The van der Waals surface area contributed by atoms with Crippen molar-refractivity contribution in [3.05, 3.63) is 0 Å². The summed E-state index contributed by atoms with van der Waals surface area (Å²) >= 11 is 0. The van der Waals surface area contributed by atoms with Gasteiger partial charge in [0.25, 0.3) is 0 Å². The van der Waals surface area contributed by atoms with Crippen molar-refractivity contribution >= 4 is 24.0 Å². The topological polar surface area (TPSA) is 150 Å². The van der Waals surface area contributed by atoms with Gasteiger partial charge in [-0.15, -0.1) is 0 Å². The normalized spacial score (nSPS) is 39.7. The molecule has 0 unspecified atom stereocenters. The zero-order chi connectivity index (χ0) is 20.5. The number of hydrogen-bond donors (Lipinski definition) is 4. The predicted octanol–water partition coefficient (Wildman–Crippen LogP) is 1.84. The molecule has 0 spiro atoms. The van der Waals surface area contributed by atoms with Crippen molar-refractivity contribution in [2.24, 2.45) is 16.2 Å². The molecule has 4 N–H and O–H groups in total. The molecule has 0 aromatic heterocycles. The molecular formula is C18H25NO8. The van der Waals surface area contributed by atoms with Crippen LogP contribution in [0.25, 0.3) is 0 Å². The number of amides is 1. The van der Waals surface area contributed by atoms with Crippen molar-refractivity contribution in [1.29, 1.82) is 0 Å². The van der Waals surface area contributed by atoms with Gasteiger partial charge in [-0.25, -0.2) is 4.79 Å². The average Bonchev–Trinajstić information content (AvgIpc) is 2.42. The Labute approximate surface area is 156 Å². The summed E-state index contributed by atoms with van der Waals surface area (Å²) < 4.78 is 5.26. The first-order valence-corrected chi connectivity index (χ1v) is 8.89. The molecule has 4 aliphatic rings. The molecule has 0 heterocycles. The molecule has 9 heteroatoms. The van der Waals surface area contributed by atoms with E-state index in [0.29, 0.717) is 0 Å². The second-order valence-corrected chi connectivity index (χ2v) is 9.72. The molecule has 9 nitrogen and oxygen atoms in total. The predicted molar refractivity (Wildman–Crippen MR) is 90.0 cm³/mol. The highest BCUT2D eigenvalue weighted by Crippen LogP contribution is 2.71. The minimum Gasteiger partial charge on any atom is -0.481 e. The van der Waals surface area contributed by atoms with E-state index in [1.165, 1.54) is 0 Å². The Balaban J connectivity index is 2.07. The van der Waals surface area contributed by atoms with Crippen LogP contribution >= 0.6 is 0 Å². The number of carbonyl (C=O) groups is 4. The van der Waals surface area contributed by atoms with E-state index in [2.05, 4.69) is 5.32 Å². The second-order valence-electron chi connectivity index (χ2n) is 9.72. The number of alkyl carbamates (subject to hydrolysis) is 1. The number of ether oxygens (including phenoxy) is 1. The first-order chi connectivity index (χ1) is 12.2. The highest BCUT2D eigenvalue weighted by molar-refractivity contribution is 5.87. The van der Waals surface area contributed by atoms with Gasteiger partial charge in [-0.2, -0.15) is 0 Å². The first-order valence-electron chi connectivity index (χ1n) is 8.89. The second kappa shape index (κ2) is 5.36. The van der Waals surface area contributed by atoms with E-state index >= 15 is 0 Å². The van der Waals surface area contributed by atoms with Crippen LogP contribution in [0.3, 0.4) is 0 Å². The molecule has 150 valence electrons. The average molecular weight is 383 g/mol. The van der Waals surface area contributed by atoms with E-state index in [4.69, 9.17) is 4.74 Å². The van der Waals surface area contributed by atoms with Gasteiger partial charge >= 0.3 is 24.0 Å². The lowest BCUT2D eigenvalue weighted by atomic mass is 9.37. The van der Waals surface area contributed by atoms with Crippen molar-refractivity contribution in [3.63, 3.8) is 0 Å². The first kappa shape index (κ1) is 19.4. The lowest BCUT2D eigenvalue weighted by Gasteiger charge is -2.66. The Morgan fingerprint density at radius 2 is 1.07 bits per heavy atom. The molecule has 4 saturated carbocycles. The van der Waals surface area contributed by atoms with Crippen molar-refractivity contribution in [1.82, 2.24) is 5.32 Å². The molecule has 0 aromatic carbocycles. The molecule has 27 heavy (non-hydrogen) atoms. The van der Waals surface area contributed by atoms with Gasteiger partial charge in [0.2, 0.25) is 0 Å². The van der Waals surface area contributed by atoms with Crippen LogP contribution in [0.1, 0.15) is 59.3 Å². The van der Waals surface area contributed by atoms with Gasteiger partial charge in [-0.05, 0) is 59.3 Å². The Kier molecular flexibility index (Phi) is 3.86. The highest BCUT2D eigenvalue weighted by Gasteiger charge is 2.75. The molecule has 4 aliphatic carbocycles. The third-order valence-electron chi connectivity index (χ3n) is 6.19. The number of carboxylic acids is 3. The van der Waals surface area contributed by atoms with Crippen LogP contribution in [0.15, 0.2) is 0 Å². The molecule has 4 bridgehead atoms. The standard InChI is InChI=1S/C18H25NO8/c1-14(2,3)27-13(26)19-18-7-15(10(20)21)4-16(8-18,11(22)23)6-17(5-15,9-18)12(24)25/h4-9H2,1-3H3,(H,19,26)(H,20,21)(H,22,23)(H,24,25). The van der Waals surface area contributed by atoms with Gasteiger partial charge in [-0.3, -0.25) is 14.4 Å². The molecule has 0 atom stereocenters. The Bertz CT molecular complexity index is 654. The van der Waals surface area contributed by atoms with Crippen LogP contribution in [0.2, 0.25) is 0 Å². The summed E-state index contributed by atoms with van der Waals surface area (Å²) in [4.78, 5) is 48.7. The largest absolute Gasteiger partial charge is 0.481 e. The maximum absolute atomic E-state index is 12.4. The summed E-state index contributed by atoms with van der Waals surface area (Å²) in [6.45, 7) is 5.01. The summed E-state index contributed by atoms with van der Waals surface area (Å²) in [7, 11) is 0. The number of aliphatic carboxylic acids is 3. The summed E-state index contributed by atoms with van der Waals surface area (Å²) in [5, 5.41) is 32.3. The van der Waals surface area contributed by atoms with Crippen LogP contribution in [-0.2, 0) is 19.1 Å². The molecule has 4 fully saturated rings. The third-order valence-corrected chi connectivity index (χ3v) is 6.19. The third kappa shape index (κ3) is 2.93. The molecule has 1 amide bonds. The van der Waals surface area contributed by atoms with Gasteiger partial charge in [0, 0.05) is 5.54 Å². The number of rotatable bonds is 4. The maximum Gasteiger partial charge on any atom is 0.408 e. The van der Waals surface area contributed by atoms with Gasteiger partial charge in [0.1, 0.15) is 5.60 Å². The lowest BCUT2D eigenvalue weighted by molar-refractivity contribution is -0.215. The summed E-state index contributed by atoms with van der Waals surface area (Å²) in [5.41, 5.74) is -6.54. The number of carbonyl (C=O) groups excluding carboxylic acids is 1. The number of hydrogen-bond acceptors (Lipinski definition) is 5. The van der Waals surface area contributed by atoms with Crippen molar-refractivity contribution in [2.75, 3.05) is 0 Å². The fourth-order valence-corrected chi connectivity index (χ4v) is 5.97. The van der Waals surface area contributed by atoms with Crippen molar-refractivity contribution < 1.29 is 39.2 Å². The zero-order valence-electron chi connectivity index (χ0n) is 15.6. The smallest absolute Gasteiger partial charge is 0.408 e. The SMILES string of the molecule is CC(C)(C)OC(=O)NC12CC3(C(=O)O)CC(C(=O)O)(C1)CC(C(=O)O)(C2)C3. The molecule has 4 rings (SSSR count). The fraction of sp³-hybridized carbons (Fsp3) is 0.778. The molecule has 0 aromatic rings. The van der Waals surface area contributed by atoms with Crippen molar-refractivity contribution in [2.45, 2.75) is 70.4 Å². The minimum absolute atomic E-state index is 0.00135. The van der Waals surface area contributed by atoms with E-state index in [-0.39, 0.29) is 38.5 Å². The Morgan fingerprint density at radius 3 is 1.33 bits per heavy atom. The molecular weight excluding hydrogens is 358 g/mol. The van der Waals surface area contributed by atoms with Crippen LogP contribution in [0.5, 0.6) is 0 Å². The molecule has 0 aliphatic heterocycles. The van der Waals surface area contributed by atoms with E-state index in [0.717, 1.165) is 0 Å². The lowest BCUT2D eigenvalue weighted by Crippen LogP contribution is -2.73. The van der Waals surface area contributed by atoms with E-state index in [1.54, 1.807) is 20.8 Å². The fourth-order valence-electron chi connectivity index (χ4n) is 5.97. The van der Waals surface area contributed by atoms with E-state index < -0.39 is 51.4 Å². The Morgan fingerprint density at radius 1 is 0.741 bits per heavy atom. The zero-order valence-corrected chi connectivity index (χ0v) is 15.6. The van der Waals surface area contributed by atoms with Crippen LogP contribution < -0.4 is 5.32 Å². The summed E-state index contributed by atoms with van der Waals surface area (Å²) in [6, 6.07) is 0. The summed E-state index contributed by atoms with van der Waals surface area (Å²) in [5.74, 6) is -3.64. The quantitative estimate of drug-likeness (QED) is 0.574. The van der Waals surface area contributed by atoms with Crippen LogP contribution in [0, 0.1) is 16.2 Å².